The number of aromatic nitrogens is 2. The van der Waals surface area contributed by atoms with E-state index in [9.17, 15) is 28.4 Å². The highest BCUT2D eigenvalue weighted by molar-refractivity contribution is 6.00. The largest absolute Gasteiger partial charge is 0.352 e. The van der Waals surface area contributed by atoms with Gasteiger partial charge in [-0.05, 0) is 161 Å². The lowest BCUT2D eigenvalue weighted by molar-refractivity contribution is -0.136. The molecule has 0 spiro atoms. The summed E-state index contributed by atoms with van der Waals surface area (Å²) in [6, 6.07) is 24.9. The monoisotopic (exact) mass is 921 g/mol. The van der Waals surface area contributed by atoms with Crippen LogP contribution in [-0.2, 0) is 32.8 Å². The van der Waals surface area contributed by atoms with Gasteiger partial charge >= 0.3 is 5.69 Å². The summed E-state index contributed by atoms with van der Waals surface area (Å²) in [4.78, 5) is 70.8. The molecule has 4 fully saturated rings. The van der Waals surface area contributed by atoms with Gasteiger partial charge in [-0.2, -0.15) is 0 Å². The highest BCUT2D eigenvalue weighted by Gasteiger charge is 2.33. The van der Waals surface area contributed by atoms with Crippen LogP contribution in [0.25, 0.3) is 21.8 Å². The molecular weight excluding hydrogens is 858 g/mol. The number of likely N-dealkylation sites (tertiary alicyclic amines) is 3. The van der Waals surface area contributed by atoms with Gasteiger partial charge in [0, 0.05) is 63.0 Å². The molecule has 0 aliphatic carbocycles. The van der Waals surface area contributed by atoms with E-state index in [0.717, 1.165) is 119 Å². The molecule has 9 rings (SSSR count). The Morgan fingerprint density at radius 2 is 1.56 bits per heavy atom. The number of hydrogen-bond donors (Lipinski definition) is 2. The van der Waals surface area contributed by atoms with E-state index in [4.69, 9.17) is 0 Å². The van der Waals surface area contributed by atoms with Gasteiger partial charge in [0.15, 0.2) is 0 Å². The summed E-state index contributed by atoms with van der Waals surface area (Å²) in [5.74, 6) is 7.04. The number of aryl methyl sites for hydroxylation is 1. The van der Waals surface area contributed by atoms with Crippen LogP contribution in [0.1, 0.15) is 118 Å². The lowest BCUT2D eigenvalue weighted by Crippen LogP contribution is -2.44. The summed E-state index contributed by atoms with van der Waals surface area (Å²) >= 11 is 0. The molecule has 5 heterocycles. The second-order valence-electron chi connectivity index (χ2n) is 19.5. The maximum absolute atomic E-state index is 13.6. The number of imidazole rings is 1. The molecule has 0 saturated carbocycles. The van der Waals surface area contributed by atoms with E-state index < -0.39 is 11.9 Å². The first-order chi connectivity index (χ1) is 33.0. The van der Waals surface area contributed by atoms with Gasteiger partial charge in [0.2, 0.25) is 23.6 Å². The van der Waals surface area contributed by atoms with Crippen molar-refractivity contribution in [2.75, 3.05) is 45.8 Å². The van der Waals surface area contributed by atoms with Crippen molar-refractivity contribution < 1.29 is 23.6 Å². The summed E-state index contributed by atoms with van der Waals surface area (Å²) in [6.45, 7) is 8.75. The quantitative estimate of drug-likeness (QED) is 0.0762. The van der Waals surface area contributed by atoms with Crippen LogP contribution in [0.3, 0.4) is 0 Å². The van der Waals surface area contributed by atoms with E-state index >= 15 is 0 Å². The van der Waals surface area contributed by atoms with Gasteiger partial charge in [-0.1, -0.05) is 60.4 Å². The molecule has 2 N–H and O–H groups in total. The number of rotatable bonds is 12. The fraction of sp³-hybridized carbons (Fsp3) is 0.473. The molecule has 4 aromatic carbocycles. The number of halogens is 1. The molecule has 13 heteroatoms. The van der Waals surface area contributed by atoms with Gasteiger partial charge in [0.05, 0.1) is 11.0 Å². The van der Waals surface area contributed by atoms with E-state index in [1.54, 1.807) is 17.7 Å². The lowest BCUT2D eigenvalue weighted by atomic mass is 9.89. The maximum atomic E-state index is 13.6. The van der Waals surface area contributed by atoms with Crippen LogP contribution in [0, 0.1) is 29.5 Å². The standard InChI is InChI=1S/C55H64FN7O5/c1-37(61-30-25-42(26-31-61)53(66)57-36-39-8-5-10-44(56)34-39)45-11-7-12-46-41(9-6-13-47(45)46)16-15-38-21-28-60(29-22-38)27-4-3-14-52(65)62-32-23-40(24-33-62)43-17-18-48-50(35-43)59(2)55(68)63(48)49-19-20-51(64)58-54(49)67/h5-13,17-18,34-35,37-38,40,42,49H,3-4,14,19-33,36H2,1-2H3,(H,57,66)(H,58,64,67). The number of unbranched alkanes of at least 4 members (excludes halogenated alkanes) is 1. The molecule has 4 saturated heterocycles. The van der Waals surface area contributed by atoms with Crippen LogP contribution in [0.2, 0.25) is 0 Å². The van der Waals surface area contributed by atoms with Gasteiger partial charge in [-0.25, -0.2) is 9.18 Å². The van der Waals surface area contributed by atoms with Crippen molar-refractivity contribution in [3.8, 4) is 11.8 Å². The summed E-state index contributed by atoms with van der Waals surface area (Å²) < 4.78 is 16.7. The molecule has 5 aromatic rings. The molecule has 2 unspecified atom stereocenters. The molecule has 68 heavy (non-hydrogen) atoms. The predicted octanol–water partition coefficient (Wildman–Crippen LogP) is 7.34. The van der Waals surface area contributed by atoms with E-state index in [0.29, 0.717) is 30.8 Å². The number of carbonyl (C=O) groups excluding carboxylic acids is 4. The second kappa shape index (κ2) is 21.0. The highest BCUT2D eigenvalue weighted by Crippen LogP contribution is 2.34. The summed E-state index contributed by atoms with van der Waals surface area (Å²) in [5.41, 5.74) is 5.44. The van der Waals surface area contributed by atoms with Crippen LogP contribution in [0.4, 0.5) is 4.39 Å². The number of benzene rings is 4. The number of imide groups is 1. The molecule has 4 amide bonds. The van der Waals surface area contributed by atoms with E-state index in [1.807, 2.05) is 23.1 Å². The first kappa shape index (κ1) is 47.0. The summed E-state index contributed by atoms with van der Waals surface area (Å²) in [6.07, 6.45) is 8.36. The first-order valence-electron chi connectivity index (χ1n) is 24.8. The Morgan fingerprint density at radius 1 is 0.809 bits per heavy atom. The van der Waals surface area contributed by atoms with Gasteiger partial charge in [-0.3, -0.25) is 38.5 Å². The number of nitrogens with zero attached hydrogens (tertiary/aromatic N) is 5. The zero-order chi connectivity index (χ0) is 47.3. The minimum absolute atomic E-state index is 0.0412. The Hall–Kier alpha value is -6.10. The zero-order valence-electron chi connectivity index (χ0n) is 39.5. The highest BCUT2D eigenvalue weighted by atomic mass is 19.1. The molecule has 2 atom stereocenters. The van der Waals surface area contributed by atoms with Gasteiger partial charge < -0.3 is 15.1 Å². The fourth-order valence-electron chi connectivity index (χ4n) is 11.1. The van der Waals surface area contributed by atoms with Crippen molar-refractivity contribution in [2.24, 2.45) is 18.9 Å². The number of fused-ring (bicyclic) bond motifs is 2. The molecule has 0 bridgehead atoms. The molecule has 4 aliphatic heterocycles. The van der Waals surface area contributed by atoms with Crippen molar-refractivity contribution in [2.45, 2.75) is 102 Å². The second-order valence-corrected chi connectivity index (χ2v) is 19.5. The maximum Gasteiger partial charge on any atom is 0.329 e. The van der Waals surface area contributed by atoms with E-state index in [1.165, 1.54) is 33.0 Å². The third-order valence-corrected chi connectivity index (χ3v) is 15.3. The van der Waals surface area contributed by atoms with Gasteiger partial charge in [-0.15, -0.1) is 0 Å². The molecule has 1 aromatic heterocycles. The Balaban J connectivity index is 0.694. The number of amides is 4. The van der Waals surface area contributed by atoms with Crippen LogP contribution in [0.15, 0.2) is 83.7 Å². The molecule has 12 nitrogen and oxygen atoms in total. The number of piperidine rings is 4. The van der Waals surface area contributed by atoms with Crippen molar-refractivity contribution in [1.29, 1.82) is 0 Å². The normalized spacial score (nSPS) is 19.8. The molecule has 4 aliphatic rings. The fourth-order valence-corrected chi connectivity index (χ4v) is 11.1. The van der Waals surface area contributed by atoms with Gasteiger partial charge in [0.25, 0.3) is 0 Å². The Morgan fingerprint density at radius 3 is 2.32 bits per heavy atom. The Bertz CT molecular complexity index is 2800. The van der Waals surface area contributed by atoms with Crippen molar-refractivity contribution >= 4 is 45.4 Å². The van der Waals surface area contributed by atoms with Crippen molar-refractivity contribution in [3.63, 3.8) is 0 Å². The third kappa shape index (κ3) is 10.5. The van der Waals surface area contributed by atoms with Crippen molar-refractivity contribution in [1.82, 2.24) is 34.5 Å². The predicted molar refractivity (Wildman–Crippen MR) is 262 cm³/mol. The zero-order valence-corrected chi connectivity index (χ0v) is 39.5. The number of carbonyl (C=O) groups is 4. The van der Waals surface area contributed by atoms with Crippen LogP contribution in [0.5, 0.6) is 0 Å². The van der Waals surface area contributed by atoms with E-state index in [2.05, 4.69) is 81.7 Å². The molecule has 0 radical (unpaired) electrons. The van der Waals surface area contributed by atoms with Crippen LogP contribution >= 0.6 is 0 Å². The molecular formula is C55H64FN7O5. The SMILES string of the molecule is CC(c1cccc2c(C#CC3CCN(CCCCC(=O)N4CCC(c5ccc6c(c5)n(C)c(=O)n6C5CCC(=O)NC5=O)CC4)CC3)cccc12)N1CCC(C(=O)NCc2cccc(F)c2)CC1. The van der Waals surface area contributed by atoms with Crippen LogP contribution < -0.4 is 16.3 Å². The van der Waals surface area contributed by atoms with Crippen molar-refractivity contribution in [3.05, 3.63) is 117 Å². The number of nitrogens with one attached hydrogen (secondary N) is 2. The van der Waals surface area contributed by atoms with Gasteiger partial charge in [0.1, 0.15) is 11.9 Å². The van der Waals surface area contributed by atoms with E-state index in [-0.39, 0.29) is 53.5 Å². The smallest absolute Gasteiger partial charge is 0.329 e. The Labute approximate surface area is 398 Å². The summed E-state index contributed by atoms with van der Waals surface area (Å²) in [7, 11) is 1.72. The number of hydrogen-bond acceptors (Lipinski definition) is 7. The minimum Gasteiger partial charge on any atom is -0.352 e. The average Bonchev–Trinajstić information content (AvgIpc) is 3.61. The Kier molecular flexibility index (Phi) is 14.5. The third-order valence-electron chi connectivity index (χ3n) is 15.3. The molecule has 356 valence electrons. The first-order valence-corrected chi connectivity index (χ1v) is 24.8. The summed E-state index contributed by atoms with van der Waals surface area (Å²) in [5, 5.41) is 7.79. The average molecular weight is 922 g/mol. The van der Waals surface area contributed by atoms with Crippen LogP contribution in [-0.4, -0.2) is 93.3 Å². The lowest BCUT2D eigenvalue weighted by Gasteiger charge is -2.36. The minimum atomic E-state index is -0.704. The topological polar surface area (TPSA) is 129 Å².